The number of aliphatic hydroxyl groups is 3. The minimum atomic E-state index is -1.46. The zero-order valence-electron chi connectivity index (χ0n) is 11.8. The normalized spacial score (nSPS) is 35.2. The average Bonchev–Trinajstić information content (AvgIpc) is 3.01. The first kappa shape index (κ1) is 14.5. The van der Waals surface area contributed by atoms with E-state index in [-0.39, 0.29) is 6.61 Å². The number of anilines is 2. The van der Waals surface area contributed by atoms with Crippen molar-refractivity contribution in [2.75, 3.05) is 23.8 Å². The Hall–Kier alpha value is -1.48. The Morgan fingerprint density at radius 2 is 2.29 bits per heavy atom. The van der Waals surface area contributed by atoms with Crippen LogP contribution in [-0.4, -0.2) is 62.5 Å². The molecule has 5 N–H and O–H groups in total. The maximum atomic E-state index is 10.8. The summed E-state index contributed by atoms with van der Waals surface area (Å²) in [7, 11) is 0. The molecule has 0 unspecified atom stereocenters. The van der Waals surface area contributed by atoms with Gasteiger partial charge < -0.3 is 30.7 Å². The van der Waals surface area contributed by atoms with Crippen LogP contribution in [-0.2, 0) is 11.2 Å². The molecule has 0 radical (unpaired) electrons. The predicted molar refractivity (Wildman–Crippen MR) is 74.5 cm³/mol. The summed E-state index contributed by atoms with van der Waals surface area (Å²) < 4.78 is 5.68. The molecule has 1 saturated heterocycles. The Labute approximate surface area is 122 Å². The topological polar surface area (TPSA) is 125 Å². The number of nitrogens with two attached hydrogens (primary N) is 1. The molecule has 0 bridgehead atoms. The summed E-state index contributed by atoms with van der Waals surface area (Å²) in [5.74, 6) is 1.03. The van der Waals surface area contributed by atoms with Crippen molar-refractivity contribution >= 4 is 11.6 Å². The van der Waals surface area contributed by atoms with Gasteiger partial charge in [0.05, 0.1) is 6.61 Å². The zero-order valence-corrected chi connectivity index (χ0v) is 11.8. The van der Waals surface area contributed by atoms with Crippen LogP contribution in [0.15, 0.2) is 6.33 Å². The fraction of sp³-hybridized carbons (Fsp3) is 0.692. The van der Waals surface area contributed by atoms with E-state index in [9.17, 15) is 15.3 Å². The highest BCUT2D eigenvalue weighted by Crippen LogP contribution is 2.40. The Balaban J connectivity index is 1.97. The molecule has 1 fully saturated rings. The summed E-state index contributed by atoms with van der Waals surface area (Å²) in [5, 5.41) is 30.3. The quantitative estimate of drug-likeness (QED) is 0.539. The van der Waals surface area contributed by atoms with Crippen LogP contribution >= 0.6 is 0 Å². The predicted octanol–water partition coefficient (Wildman–Crippen LogP) is -1.36. The first-order chi connectivity index (χ1) is 10.0. The SMILES string of the molecule is CC[C@@]1(O)[C@H](O)[C@@H](CO)O[C@H]1N1CCc2c(N)ncnc21. The average molecular weight is 296 g/mol. The Bertz CT molecular complexity index is 543. The summed E-state index contributed by atoms with van der Waals surface area (Å²) in [6, 6.07) is 0. The number of hydrogen-bond donors (Lipinski definition) is 4. The van der Waals surface area contributed by atoms with Crippen LogP contribution in [0, 0.1) is 0 Å². The molecule has 0 aromatic carbocycles. The van der Waals surface area contributed by atoms with E-state index in [1.165, 1.54) is 6.33 Å². The summed E-state index contributed by atoms with van der Waals surface area (Å²) in [6.45, 7) is 1.98. The van der Waals surface area contributed by atoms with Crippen LogP contribution in [0.5, 0.6) is 0 Å². The highest BCUT2D eigenvalue weighted by Gasteiger charge is 2.57. The highest BCUT2D eigenvalue weighted by atomic mass is 16.6. The zero-order chi connectivity index (χ0) is 15.2. The molecule has 3 rings (SSSR count). The van der Waals surface area contributed by atoms with E-state index in [2.05, 4.69) is 9.97 Å². The molecule has 4 atom stereocenters. The third kappa shape index (κ3) is 1.98. The minimum Gasteiger partial charge on any atom is -0.394 e. The largest absolute Gasteiger partial charge is 0.394 e. The number of fused-ring (bicyclic) bond motifs is 1. The molecule has 2 aliphatic heterocycles. The van der Waals surface area contributed by atoms with Crippen molar-refractivity contribution < 1.29 is 20.1 Å². The maximum absolute atomic E-state index is 10.8. The van der Waals surface area contributed by atoms with Crippen molar-refractivity contribution in [3.05, 3.63) is 11.9 Å². The van der Waals surface area contributed by atoms with Crippen LogP contribution in [0.25, 0.3) is 0 Å². The van der Waals surface area contributed by atoms with Gasteiger partial charge in [0.1, 0.15) is 35.8 Å². The monoisotopic (exact) mass is 296 g/mol. The summed E-state index contributed by atoms with van der Waals surface area (Å²) >= 11 is 0. The van der Waals surface area contributed by atoms with E-state index in [1.54, 1.807) is 11.8 Å². The van der Waals surface area contributed by atoms with Crippen LogP contribution in [0.4, 0.5) is 11.6 Å². The molecule has 1 aromatic heterocycles. The standard InChI is InChI=1S/C13H20N4O4/c1-2-13(20)9(19)8(5-18)21-12(13)17-4-3-7-10(14)15-6-16-11(7)17/h6,8-9,12,18-20H,2-5H2,1H3,(H2,14,15,16)/t8-,9-,12-,13-/m1/s1. The van der Waals surface area contributed by atoms with Crippen molar-refractivity contribution in [1.29, 1.82) is 0 Å². The second-order valence-corrected chi connectivity index (χ2v) is 5.50. The molecule has 2 aliphatic rings. The fourth-order valence-electron chi connectivity index (χ4n) is 3.17. The fourth-order valence-corrected chi connectivity index (χ4v) is 3.17. The Kier molecular flexibility index (Phi) is 3.48. The van der Waals surface area contributed by atoms with E-state index in [0.29, 0.717) is 31.0 Å². The highest BCUT2D eigenvalue weighted by molar-refractivity contribution is 5.61. The van der Waals surface area contributed by atoms with Crippen LogP contribution in [0.2, 0.25) is 0 Å². The van der Waals surface area contributed by atoms with Crippen LogP contribution in [0.1, 0.15) is 18.9 Å². The molecule has 0 spiro atoms. The lowest BCUT2D eigenvalue weighted by atomic mass is 9.91. The van der Waals surface area contributed by atoms with Gasteiger partial charge in [-0.15, -0.1) is 0 Å². The third-order valence-electron chi connectivity index (χ3n) is 4.46. The summed E-state index contributed by atoms with van der Waals surface area (Å²) in [4.78, 5) is 9.97. The van der Waals surface area contributed by atoms with Crippen molar-refractivity contribution in [3.63, 3.8) is 0 Å². The van der Waals surface area contributed by atoms with E-state index in [0.717, 1.165) is 5.56 Å². The van der Waals surface area contributed by atoms with Gasteiger partial charge in [-0.3, -0.25) is 0 Å². The second kappa shape index (κ2) is 5.06. The molecule has 1 aromatic rings. The minimum absolute atomic E-state index is 0.293. The molecule has 21 heavy (non-hydrogen) atoms. The van der Waals surface area contributed by atoms with Crippen molar-refractivity contribution in [1.82, 2.24) is 9.97 Å². The van der Waals surface area contributed by atoms with E-state index in [1.807, 2.05) is 0 Å². The lowest BCUT2D eigenvalue weighted by Crippen LogP contribution is -2.54. The first-order valence-electron chi connectivity index (χ1n) is 7.05. The van der Waals surface area contributed by atoms with E-state index >= 15 is 0 Å². The van der Waals surface area contributed by atoms with E-state index in [4.69, 9.17) is 10.5 Å². The van der Waals surface area contributed by atoms with Gasteiger partial charge >= 0.3 is 0 Å². The van der Waals surface area contributed by atoms with Crippen molar-refractivity contribution in [2.24, 2.45) is 0 Å². The smallest absolute Gasteiger partial charge is 0.163 e. The van der Waals surface area contributed by atoms with Gasteiger partial charge in [-0.1, -0.05) is 6.92 Å². The lowest BCUT2D eigenvalue weighted by molar-refractivity contribution is -0.0799. The second-order valence-electron chi connectivity index (χ2n) is 5.50. The summed E-state index contributed by atoms with van der Waals surface area (Å²) in [5.41, 5.74) is 5.20. The van der Waals surface area contributed by atoms with Crippen LogP contribution < -0.4 is 10.6 Å². The van der Waals surface area contributed by atoms with Crippen LogP contribution in [0.3, 0.4) is 0 Å². The van der Waals surface area contributed by atoms with Gasteiger partial charge in [0.15, 0.2) is 6.23 Å². The molecular weight excluding hydrogens is 276 g/mol. The van der Waals surface area contributed by atoms with Gasteiger partial charge in [-0.2, -0.15) is 0 Å². The molecule has 116 valence electrons. The molecular formula is C13H20N4O4. The molecule has 8 heteroatoms. The molecule has 0 amide bonds. The maximum Gasteiger partial charge on any atom is 0.163 e. The van der Waals surface area contributed by atoms with Gasteiger partial charge in [0.25, 0.3) is 0 Å². The van der Waals surface area contributed by atoms with Gasteiger partial charge in [0, 0.05) is 12.1 Å². The lowest BCUT2D eigenvalue weighted by Gasteiger charge is -2.36. The van der Waals surface area contributed by atoms with Gasteiger partial charge in [-0.25, -0.2) is 9.97 Å². The summed E-state index contributed by atoms with van der Waals surface area (Å²) in [6.07, 6.45) is -0.426. The number of rotatable bonds is 3. The number of aromatic nitrogens is 2. The number of hydrogen-bond acceptors (Lipinski definition) is 8. The molecule has 3 heterocycles. The van der Waals surface area contributed by atoms with Crippen molar-refractivity contribution in [3.8, 4) is 0 Å². The van der Waals surface area contributed by atoms with Gasteiger partial charge in [0.2, 0.25) is 0 Å². The molecule has 0 aliphatic carbocycles. The number of ether oxygens (including phenoxy) is 1. The first-order valence-corrected chi connectivity index (χ1v) is 7.05. The molecule has 8 nitrogen and oxygen atoms in total. The van der Waals surface area contributed by atoms with Gasteiger partial charge in [-0.05, 0) is 12.8 Å². The van der Waals surface area contributed by atoms with E-state index < -0.39 is 24.0 Å². The Morgan fingerprint density at radius 3 is 2.95 bits per heavy atom. The number of nitrogen functional groups attached to an aromatic ring is 1. The third-order valence-corrected chi connectivity index (χ3v) is 4.46. The molecule has 0 saturated carbocycles. The van der Waals surface area contributed by atoms with Crippen molar-refractivity contribution in [2.45, 2.75) is 43.8 Å². The Morgan fingerprint density at radius 1 is 1.52 bits per heavy atom. The number of aliphatic hydroxyl groups excluding tert-OH is 2. The number of nitrogens with zero attached hydrogens (tertiary/aromatic N) is 3.